The van der Waals surface area contributed by atoms with Gasteiger partial charge in [0.1, 0.15) is 0 Å². The van der Waals surface area contributed by atoms with Crippen molar-refractivity contribution in [1.82, 2.24) is 9.78 Å². The van der Waals surface area contributed by atoms with Gasteiger partial charge in [0.2, 0.25) is 0 Å². The number of rotatable bonds is 4. The van der Waals surface area contributed by atoms with Crippen LogP contribution in [0.15, 0.2) is 30.6 Å². The van der Waals surface area contributed by atoms with Crippen molar-refractivity contribution in [3.8, 4) is 0 Å². The summed E-state index contributed by atoms with van der Waals surface area (Å²) in [7, 11) is 0. The lowest BCUT2D eigenvalue weighted by atomic mass is 10.2. The van der Waals surface area contributed by atoms with Crippen LogP contribution < -0.4 is 11.1 Å². The lowest BCUT2D eigenvalue weighted by Gasteiger charge is -2.08. The van der Waals surface area contributed by atoms with E-state index in [-0.39, 0.29) is 0 Å². The monoisotopic (exact) mass is 230 g/mol. The second-order valence-electron chi connectivity index (χ2n) is 4.28. The number of benzene rings is 1. The minimum absolute atomic E-state index is 0.832. The zero-order valence-electron chi connectivity index (χ0n) is 10.3. The Balaban J connectivity index is 1.87. The average molecular weight is 230 g/mol. The third kappa shape index (κ3) is 3.00. The van der Waals surface area contributed by atoms with Gasteiger partial charge >= 0.3 is 0 Å². The first kappa shape index (κ1) is 11.5. The molecule has 0 amide bonds. The molecule has 1 heterocycles. The van der Waals surface area contributed by atoms with Crippen LogP contribution in [0.1, 0.15) is 11.1 Å². The summed E-state index contributed by atoms with van der Waals surface area (Å²) < 4.78 is 1.94. The molecule has 90 valence electrons. The van der Waals surface area contributed by atoms with Gasteiger partial charge in [-0.1, -0.05) is 0 Å². The largest absolute Gasteiger partial charge is 0.399 e. The van der Waals surface area contributed by atoms with Gasteiger partial charge in [0.05, 0.1) is 12.7 Å². The number of nitrogens with two attached hydrogens (primary N) is 1. The maximum atomic E-state index is 5.77. The van der Waals surface area contributed by atoms with Gasteiger partial charge in [0.25, 0.3) is 0 Å². The maximum absolute atomic E-state index is 5.77. The zero-order valence-corrected chi connectivity index (χ0v) is 10.3. The maximum Gasteiger partial charge on any atom is 0.0582 e. The summed E-state index contributed by atoms with van der Waals surface area (Å²) in [5, 5.41) is 7.59. The van der Waals surface area contributed by atoms with Crippen molar-refractivity contribution >= 4 is 11.4 Å². The van der Waals surface area contributed by atoms with E-state index in [1.807, 2.05) is 43.1 Å². The fraction of sp³-hybridized carbons (Fsp3) is 0.308. The lowest BCUT2D eigenvalue weighted by Crippen LogP contribution is -2.10. The minimum Gasteiger partial charge on any atom is -0.399 e. The molecule has 1 aromatic carbocycles. The Bertz CT molecular complexity index is 502. The van der Waals surface area contributed by atoms with E-state index in [0.29, 0.717) is 0 Å². The standard InChI is InChI=1S/C13H18N4/c1-10-8-16-17(9-10)6-5-15-12-3-4-13(14)11(2)7-12/h3-4,7-9,15H,5-6,14H2,1-2H3. The summed E-state index contributed by atoms with van der Waals surface area (Å²) in [4.78, 5) is 0. The molecular formula is C13H18N4. The number of anilines is 2. The molecule has 0 fully saturated rings. The highest BCUT2D eigenvalue weighted by molar-refractivity contribution is 5.56. The molecule has 4 heteroatoms. The Morgan fingerprint density at radius 1 is 1.35 bits per heavy atom. The van der Waals surface area contributed by atoms with Crippen LogP contribution in [-0.2, 0) is 6.54 Å². The fourth-order valence-electron chi connectivity index (χ4n) is 1.69. The van der Waals surface area contributed by atoms with Gasteiger partial charge in [-0.15, -0.1) is 0 Å². The zero-order chi connectivity index (χ0) is 12.3. The van der Waals surface area contributed by atoms with Crippen molar-refractivity contribution < 1.29 is 0 Å². The molecule has 4 nitrogen and oxygen atoms in total. The number of aryl methyl sites for hydroxylation is 2. The van der Waals surface area contributed by atoms with Gasteiger partial charge in [0.15, 0.2) is 0 Å². The summed E-state index contributed by atoms with van der Waals surface area (Å²) in [6.07, 6.45) is 3.91. The molecule has 2 aromatic rings. The molecule has 0 saturated heterocycles. The summed E-state index contributed by atoms with van der Waals surface area (Å²) in [5.41, 5.74) is 9.99. The highest BCUT2D eigenvalue weighted by Gasteiger charge is 1.97. The number of hydrogen-bond acceptors (Lipinski definition) is 3. The van der Waals surface area contributed by atoms with Crippen LogP contribution in [0.3, 0.4) is 0 Å². The van der Waals surface area contributed by atoms with Crippen LogP contribution >= 0.6 is 0 Å². The van der Waals surface area contributed by atoms with Crippen LogP contribution in [0.4, 0.5) is 11.4 Å². The molecule has 0 unspecified atom stereocenters. The highest BCUT2D eigenvalue weighted by atomic mass is 15.3. The van der Waals surface area contributed by atoms with Crippen molar-refractivity contribution in [2.24, 2.45) is 0 Å². The third-order valence-electron chi connectivity index (χ3n) is 2.70. The molecule has 0 aliphatic heterocycles. The first-order valence-corrected chi connectivity index (χ1v) is 5.74. The fourth-order valence-corrected chi connectivity index (χ4v) is 1.69. The Kier molecular flexibility index (Phi) is 3.32. The molecule has 0 bridgehead atoms. The molecule has 0 atom stereocenters. The van der Waals surface area contributed by atoms with Crippen molar-refractivity contribution in [2.45, 2.75) is 20.4 Å². The predicted octanol–water partition coefficient (Wildman–Crippen LogP) is 2.19. The molecule has 2 rings (SSSR count). The smallest absolute Gasteiger partial charge is 0.0582 e. The SMILES string of the molecule is Cc1cnn(CCNc2ccc(N)c(C)c2)c1. The minimum atomic E-state index is 0.832. The Labute approximate surface area is 101 Å². The van der Waals surface area contributed by atoms with Crippen molar-refractivity contribution in [2.75, 3.05) is 17.6 Å². The number of aromatic nitrogens is 2. The Morgan fingerprint density at radius 3 is 2.82 bits per heavy atom. The normalized spacial score (nSPS) is 10.5. The molecule has 3 N–H and O–H groups in total. The summed E-state index contributed by atoms with van der Waals surface area (Å²) >= 11 is 0. The molecular weight excluding hydrogens is 212 g/mol. The van der Waals surface area contributed by atoms with Crippen molar-refractivity contribution in [1.29, 1.82) is 0 Å². The van der Waals surface area contributed by atoms with Crippen LogP contribution in [0.2, 0.25) is 0 Å². The van der Waals surface area contributed by atoms with Gasteiger partial charge in [-0.3, -0.25) is 4.68 Å². The molecule has 0 aliphatic rings. The molecule has 0 aliphatic carbocycles. The molecule has 0 saturated carbocycles. The average Bonchev–Trinajstić information content (AvgIpc) is 2.70. The van der Waals surface area contributed by atoms with E-state index in [4.69, 9.17) is 5.73 Å². The van der Waals surface area contributed by atoms with E-state index in [1.54, 1.807) is 0 Å². The van der Waals surface area contributed by atoms with E-state index in [0.717, 1.165) is 30.0 Å². The molecule has 1 aromatic heterocycles. The van der Waals surface area contributed by atoms with Crippen LogP contribution in [0, 0.1) is 13.8 Å². The number of nitrogen functional groups attached to an aromatic ring is 1. The van der Waals surface area contributed by atoms with E-state index in [2.05, 4.69) is 16.5 Å². The topological polar surface area (TPSA) is 55.9 Å². The molecule has 0 spiro atoms. The molecule has 17 heavy (non-hydrogen) atoms. The number of hydrogen-bond donors (Lipinski definition) is 2. The van der Waals surface area contributed by atoms with Gasteiger partial charge in [0, 0.05) is 24.1 Å². The number of nitrogens with zero attached hydrogens (tertiary/aromatic N) is 2. The van der Waals surface area contributed by atoms with Crippen LogP contribution in [0.5, 0.6) is 0 Å². The van der Waals surface area contributed by atoms with E-state index in [1.165, 1.54) is 5.56 Å². The first-order valence-electron chi connectivity index (χ1n) is 5.74. The number of nitrogens with one attached hydrogen (secondary N) is 1. The van der Waals surface area contributed by atoms with Crippen molar-refractivity contribution in [3.05, 3.63) is 41.7 Å². The van der Waals surface area contributed by atoms with E-state index >= 15 is 0 Å². The van der Waals surface area contributed by atoms with E-state index in [9.17, 15) is 0 Å². The summed E-state index contributed by atoms with van der Waals surface area (Å²) in [6.45, 7) is 5.76. The first-order chi connectivity index (χ1) is 8.15. The van der Waals surface area contributed by atoms with Gasteiger partial charge in [-0.25, -0.2) is 0 Å². The second kappa shape index (κ2) is 4.91. The Morgan fingerprint density at radius 2 is 2.18 bits per heavy atom. The summed E-state index contributed by atoms with van der Waals surface area (Å²) in [6, 6.07) is 5.98. The van der Waals surface area contributed by atoms with E-state index < -0.39 is 0 Å². The van der Waals surface area contributed by atoms with Gasteiger partial charge in [-0.05, 0) is 43.2 Å². The van der Waals surface area contributed by atoms with Gasteiger partial charge < -0.3 is 11.1 Å². The lowest BCUT2D eigenvalue weighted by molar-refractivity contribution is 0.637. The highest BCUT2D eigenvalue weighted by Crippen LogP contribution is 2.16. The third-order valence-corrected chi connectivity index (χ3v) is 2.70. The summed E-state index contributed by atoms with van der Waals surface area (Å²) in [5.74, 6) is 0. The Hall–Kier alpha value is -1.97. The van der Waals surface area contributed by atoms with Crippen molar-refractivity contribution in [3.63, 3.8) is 0 Å². The van der Waals surface area contributed by atoms with Gasteiger partial charge in [-0.2, -0.15) is 5.10 Å². The second-order valence-corrected chi connectivity index (χ2v) is 4.28. The predicted molar refractivity (Wildman–Crippen MR) is 71.0 cm³/mol. The van der Waals surface area contributed by atoms with Crippen LogP contribution in [-0.4, -0.2) is 16.3 Å². The quantitative estimate of drug-likeness (QED) is 0.792. The molecule has 0 radical (unpaired) electrons. The van der Waals surface area contributed by atoms with Crippen LogP contribution in [0.25, 0.3) is 0 Å².